The molecule has 0 aromatic heterocycles. The lowest BCUT2D eigenvalue weighted by atomic mass is 10.0. The predicted molar refractivity (Wildman–Crippen MR) is 144 cm³/mol. The molecule has 8 nitrogen and oxygen atoms in total. The minimum absolute atomic E-state index is 0.120. The summed E-state index contributed by atoms with van der Waals surface area (Å²) in [5.74, 6) is -2.67. The standard InChI is InChI=1S/C30H19ClN2O6/c31-20-12-15-25(24(16-20)27(35)18-6-2-1-3-7-18)32-26(34)17-39-30(38)19-10-13-21(14-11-19)33-28(36)22-8-4-5-9-23(22)29(33)37/h1-16H,17H2,(H,32,34). The van der Waals surface area contributed by atoms with Gasteiger partial charge in [-0.3, -0.25) is 19.2 Å². The van der Waals surface area contributed by atoms with Crippen LogP contribution in [0.3, 0.4) is 0 Å². The highest BCUT2D eigenvalue weighted by Crippen LogP contribution is 2.28. The third-order valence-corrected chi connectivity index (χ3v) is 6.26. The van der Waals surface area contributed by atoms with Gasteiger partial charge in [0.15, 0.2) is 12.4 Å². The summed E-state index contributed by atoms with van der Waals surface area (Å²) < 4.78 is 5.12. The molecule has 0 aliphatic carbocycles. The van der Waals surface area contributed by atoms with E-state index in [-0.39, 0.29) is 22.6 Å². The normalized spacial score (nSPS) is 12.2. The zero-order valence-corrected chi connectivity index (χ0v) is 21.0. The highest BCUT2D eigenvalue weighted by atomic mass is 35.5. The fourth-order valence-corrected chi connectivity index (χ4v) is 4.30. The maximum Gasteiger partial charge on any atom is 0.338 e. The van der Waals surface area contributed by atoms with Crippen LogP contribution in [0.1, 0.15) is 47.0 Å². The Balaban J connectivity index is 1.22. The number of halogens is 1. The van der Waals surface area contributed by atoms with E-state index in [0.717, 1.165) is 4.90 Å². The number of benzene rings is 4. The molecule has 0 spiro atoms. The van der Waals surface area contributed by atoms with E-state index in [1.54, 1.807) is 54.6 Å². The molecule has 4 aromatic carbocycles. The van der Waals surface area contributed by atoms with Gasteiger partial charge in [0.05, 0.1) is 28.1 Å². The Labute approximate surface area is 227 Å². The molecule has 1 aliphatic rings. The van der Waals surface area contributed by atoms with Crippen molar-refractivity contribution < 1.29 is 28.7 Å². The summed E-state index contributed by atoms with van der Waals surface area (Å²) in [4.78, 5) is 64.4. The van der Waals surface area contributed by atoms with Crippen LogP contribution in [0.5, 0.6) is 0 Å². The molecule has 0 fully saturated rings. The highest BCUT2D eigenvalue weighted by molar-refractivity contribution is 6.34. The molecule has 3 amide bonds. The average Bonchev–Trinajstić information content (AvgIpc) is 3.22. The Morgan fingerprint density at radius 2 is 1.36 bits per heavy atom. The third kappa shape index (κ3) is 5.18. The monoisotopic (exact) mass is 538 g/mol. The van der Waals surface area contributed by atoms with E-state index in [4.69, 9.17) is 16.3 Å². The van der Waals surface area contributed by atoms with Crippen molar-refractivity contribution in [3.05, 3.63) is 130 Å². The van der Waals surface area contributed by atoms with Crippen LogP contribution in [0, 0.1) is 0 Å². The van der Waals surface area contributed by atoms with E-state index >= 15 is 0 Å². The van der Waals surface area contributed by atoms with E-state index in [1.807, 2.05) is 0 Å². The summed E-state index contributed by atoms with van der Waals surface area (Å²) in [5, 5.41) is 2.91. The smallest absolute Gasteiger partial charge is 0.338 e. The van der Waals surface area contributed by atoms with E-state index in [1.165, 1.54) is 42.5 Å². The fraction of sp³-hybridized carbons (Fsp3) is 0.0333. The van der Waals surface area contributed by atoms with E-state index in [2.05, 4.69) is 5.32 Å². The Hall–Kier alpha value is -5.08. The zero-order chi connectivity index (χ0) is 27.5. The molecule has 39 heavy (non-hydrogen) atoms. The van der Waals surface area contributed by atoms with Gasteiger partial charge in [-0.15, -0.1) is 0 Å². The van der Waals surface area contributed by atoms with Gasteiger partial charge in [0.2, 0.25) is 0 Å². The second-order valence-electron chi connectivity index (χ2n) is 8.55. The van der Waals surface area contributed by atoms with Gasteiger partial charge < -0.3 is 10.1 Å². The van der Waals surface area contributed by atoms with Crippen molar-refractivity contribution in [3.8, 4) is 0 Å². The number of carbonyl (C=O) groups excluding carboxylic acids is 5. The maximum absolute atomic E-state index is 12.9. The molecule has 192 valence electrons. The van der Waals surface area contributed by atoms with Crippen LogP contribution in [0.2, 0.25) is 5.02 Å². The quantitative estimate of drug-likeness (QED) is 0.197. The molecule has 4 aromatic rings. The summed E-state index contributed by atoms with van der Waals surface area (Å²) in [7, 11) is 0. The second-order valence-corrected chi connectivity index (χ2v) is 8.98. The van der Waals surface area contributed by atoms with Gasteiger partial charge >= 0.3 is 5.97 Å². The number of ether oxygens (including phenoxy) is 1. The number of nitrogens with zero attached hydrogens (tertiary/aromatic N) is 1. The first-order valence-electron chi connectivity index (χ1n) is 11.8. The molecule has 0 saturated heterocycles. The molecule has 0 unspecified atom stereocenters. The number of anilines is 2. The Bertz CT molecular complexity index is 1600. The number of ketones is 1. The lowest BCUT2D eigenvalue weighted by Gasteiger charge is -2.14. The molecule has 5 rings (SSSR count). The van der Waals surface area contributed by atoms with Crippen LogP contribution < -0.4 is 10.2 Å². The summed E-state index contributed by atoms with van der Waals surface area (Å²) in [6.45, 7) is -0.611. The number of nitrogens with one attached hydrogen (secondary N) is 1. The molecule has 0 saturated carbocycles. The van der Waals surface area contributed by atoms with Gasteiger partial charge in [0.1, 0.15) is 0 Å². The van der Waals surface area contributed by atoms with E-state index < -0.39 is 30.3 Å². The van der Waals surface area contributed by atoms with Gasteiger partial charge in [-0.25, -0.2) is 9.69 Å². The lowest BCUT2D eigenvalue weighted by Crippen LogP contribution is -2.29. The minimum atomic E-state index is -0.782. The average molecular weight is 539 g/mol. The highest BCUT2D eigenvalue weighted by Gasteiger charge is 2.36. The first-order chi connectivity index (χ1) is 18.8. The van der Waals surface area contributed by atoms with Crippen molar-refractivity contribution in [3.63, 3.8) is 0 Å². The Morgan fingerprint density at radius 1 is 0.744 bits per heavy atom. The van der Waals surface area contributed by atoms with Crippen molar-refractivity contribution in [2.24, 2.45) is 0 Å². The van der Waals surface area contributed by atoms with Crippen LogP contribution in [0.25, 0.3) is 0 Å². The number of fused-ring (bicyclic) bond motifs is 1. The zero-order valence-electron chi connectivity index (χ0n) is 20.2. The van der Waals surface area contributed by atoms with Crippen LogP contribution >= 0.6 is 11.6 Å². The molecule has 0 bridgehead atoms. The molecular formula is C30H19ClN2O6. The largest absolute Gasteiger partial charge is 0.452 e. The van der Waals surface area contributed by atoms with Gasteiger partial charge in [0, 0.05) is 16.1 Å². The van der Waals surface area contributed by atoms with Gasteiger partial charge in [-0.1, -0.05) is 54.1 Å². The summed E-state index contributed by atoms with van der Waals surface area (Å²) in [5.41, 5.74) is 1.88. The van der Waals surface area contributed by atoms with Crippen LogP contribution in [-0.2, 0) is 9.53 Å². The van der Waals surface area contributed by atoms with E-state index in [9.17, 15) is 24.0 Å². The number of imide groups is 1. The molecule has 9 heteroatoms. The van der Waals surface area contributed by atoms with Crippen molar-refractivity contribution in [1.82, 2.24) is 0 Å². The number of rotatable bonds is 7. The molecule has 1 aliphatic heterocycles. The Kier molecular flexibility index (Phi) is 7.03. The predicted octanol–water partition coefficient (Wildman–Crippen LogP) is 5.17. The van der Waals surface area contributed by atoms with Crippen LogP contribution in [0.15, 0.2) is 97.1 Å². The van der Waals surface area contributed by atoms with Gasteiger partial charge in [-0.05, 0) is 54.6 Å². The molecule has 0 radical (unpaired) electrons. The topological polar surface area (TPSA) is 110 Å². The number of hydrogen-bond donors (Lipinski definition) is 1. The summed E-state index contributed by atoms with van der Waals surface area (Å²) in [6, 6.07) is 25.2. The fourth-order valence-electron chi connectivity index (χ4n) is 4.13. The number of carbonyl (C=O) groups is 5. The van der Waals surface area contributed by atoms with Crippen molar-refractivity contribution >= 4 is 52.4 Å². The summed E-state index contributed by atoms with van der Waals surface area (Å²) in [6.07, 6.45) is 0. The SMILES string of the molecule is O=C(COC(=O)c1ccc(N2C(=O)c3ccccc3C2=O)cc1)Nc1ccc(Cl)cc1C(=O)c1ccccc1. The second kappa shape index (κ2) is 10.7. The van der Waals surface area contributed by atoms with Gasteiger partial charge in [-0.2, -0.15) is 0 Å². The van der Waals surface area contributed by atoms with Crippen molar-refractivity contribution in [1.29, 1.82) is 0 Å². The van der Waals surface area contributed by atoms with Gasteiger partial charge in [0.25, 0.3) is 17.7 Å². The molecule has 1 N–H and O–H groups in total. The van der Waals surface area contributed by atoms with Crippen LogP contribution in [0.4, 0.5) is 11.4 Å². The molecule has 1 heterocycles. The van der Waals surface area contributed by atoms with Crippen molar-refractivity contribution in [2.45, 2.75) is 0 Å². The number of amides is 3. The maximum atomic E-state index is 12.9. The minimum Gasteiger partial charge on any atom is -0.452 e. The molecule has 0 atom stereocenters. The number of esters is 1. The van der Waals surface area contributed by atoms with Crippen LogP contribution in [-0.4, -0.2) is 36.1 Å². The lowest BCUT2D eigenvalue weighted by molar-refractivity contribution is -0.119. The molecular weight excluding hydrogens is 520 g/mol. The summed E-state index contributed by atoms with van der Waals surface area (Å²) >= 11 is 6.07. The van der Waals surface area contributed by atoms with Crippen molar-refractivity contribution in [2.75, 3.05) is 16.8 Å². The van der Waals surface area contributed by atoms with E-state index in [0.29, 0.717) is 27.4 Å². The Morgan fingerprint density at radius 3 is 2.00 bits per heavy atom. The third-order valence-electron chi connectivity index (χ3n) is 6.03. The number of hydrogen-bond acceptors (Lipinski definition) is 6. The first kappa shape index (κ1) is 25.6. The first-order valence-corrected chi connectivity index (χ1v) is 12.2.